The molecule has 3 aromatic rings. The van der Waals surface area contributed by atoms with E-state index in [4.69, 9.17) is 14.2 Å². The summed E-state index contributed by atoms with van der Waals surface area (Å²) < 4.78 is 17.1. The Balaban J connectivity index is 1.67. The molecule has 0 aromatic heterocycles. The molecule has 158 valence electrons. The fourth-order valence-electron chi connectivity index (χ4n) is 3.57. The number of fused-ring (bicyclic) bond motifs is 1. The molecule has 3 aromatic carbocycles. The lowest BCUT2D eigenvalue weighted by Crippen LogP contribution is -2.08. The zero-order valence-corrected chi connectivity index (χ0v) is 18.3. The molecular formula is C26H19NO4S. The summed E-state index contributed by atoms with van der Waals surface area (Å²) in [5, 5.41) is 0. The normalized spacial score (nSPS) is 17.1. The molecular weight excluding hydrogens is 422 g/mol. The van der Waals surface area contributed by atoms with E-state index in [2.05, 4.69) is 4.99 Å². The minimum Gasteiger partial charge on any atom is -0.497 e. The number of rotatable bonds is 4. The van der Waals surface area contributed by atoms with Gasteiger partial charge in [-0.3, -0.25) is 0 Å². The van der Waals surface area contributed by atoms with Crippen molar-refractivity contribution < 1.29 is 19.0 Å². The number of benzene rings is 3. The van der Waals surface area contributed by atoms with Gasteiger partial charge in [-0.1, -0.05) is 30.3 Å². The highest BCUT2D eigenvalue weighted by Crippen LogP contribution is 2.41. The number of hydrogen-bond acceptors (Lipinski definition) is 6. The van der Waals surface area contributed by atoms with Crippen molar-refractivity contribution >= 4 is 35.0 Å². The smallest absolute Gasteiger partial charge is 0.364 e. The largest absolute Gasteiger partial charge is 0.497 e. The summed E-state index contributed by atoms with van der Waals surface area (Å²) in [6.07, 6.45) is 3.87. The number of thioether (sulfide) groups is 1. The van der Waals surface area contributed by atoms with Crippen LogP contribution < -0.4 is 9.47 Å². The van der Waals surface area contributed by atoms with Gasteiger partial charge in [0.1, 0.15) is 17.3 Å². The Hall–Kier alpha value is -3.77. The molecule has 5 rings (SSSR count). The average molecular weight is 442 g/mol. The second-order valence-electron chi connectivity index (χ2n) is 7.14. The van der Waals surface area contributed by atoms with Crippen LogP contribution in [0.2, 0.25) is 0 Å². The molecule has 0 aliphatic carbocycles. The van der Waals surface area contributed by atoms with Gasteiger partial charge < -0.3 is 14.2 Å². The molecule has 0 spiro atoms. The summed E-state index contributed by atoms with van der Waals surface area (Å²) in [5.41, 5.74) is 3.23. The number of methoxy groups -OCH3 is 1. The van der Waals surface area contributed by atoms with Crippen molar-refractivity contribution in [3.63, 3.8) is 0 Å². The summed E-state index contributed by atoms with van der Waals surface area (Å²) in [4.78, 5) is 18.6. The average Bonchev–Trinajstić information content (AvgIpc) is 3.25. The van der Waals surface area contributed by atoms with Crippen molar-refractivity contribution in [2.75, 3.05) is 13.4 Å². The number of carbonyl (C=O) groups is 1. The van der Waals surface area contributed by atoms with Gasteiger partial charge in [0.25, 0.3) is 0 Å². The molecule has 0 bridgehead atoms. The van der Waals surface area contributed by atoms with E-state index >= 15 is 0 Å². The van der Waals surface area contributed by atoms with Crippen molar-refractivity contribution in [3.8, 4) is 11.5 Å². The molecule has 5 nitrogen and oxygen atoms in total. The van der Waals surface area contributed by atoms with E-state index in [0.29, 0.717) is 22.8 Å². The summed E-state index contributed by atoms with van der Waals surface area (Å²) >= 11 is 1.67. The Morgan fingerprint density at radius 1 is 0.906 bits per heavy atom. The lowest BCUT2D eigenvalue weighted by atomic mass is 9.97. The first-order valence-corrected chi connectivity index (χ1v) is 11.2. The van der Waals surface area contributed by atoms with Crippen molar-refractivity contribution in [1.82, 2.24) is 0 Å². The predicted molar refractivity (Wildman–Crippen MR) is 126 cm³/mol. The fraction of sp³-hybridized carbons (Fsp3) is 0.0769. The van der Waals surface area contributed by atoms with Crippen LogP contribution in [0.5, 0.6) is 11.5 Å². The van der Waals surface area contributed by atoms with E-state index in [0.717, 1.165) is 21.6 Å². The third kappa shape index (κ3) is 3.69. The Morgan fingerprint density at radius 2 is 1.69 bits per heavy atom. The molecule has 0 atom stereocenters. The number of cyclic esters (lactones) is 1. The van der Waals surface area contributed by atoms with Gasteiger partial charge in [-0.05, 0) is 54.8 Å². The van der Waals surface area contributed by atoms with E-state index in [1.54, 1.807) is 18.9 Å². The number of nitrogens with zero attached hydrogens (tertiary/aromatic N) is 1. The third-order valence-corrected chi connectivity index (χ3v) is 5.96. The van der Waals surface area contributed by atoms with E-state index < -0.39 is 5.97 Å². The van der Waals surface area contributed by atoms with Crippen LogP contribution in [-0.2, 0) is 9.53 Å². The molecule has 0 N–H and O–H groups in total. The van der Waals surface area contributed by atoms with Crippen LogP contribution in [0.1, 0.15) is 16.7 Å². The van der Waals surface area contributed by atoms with Gasteiger partial charge in [0.15, 0.2) is 5.70 Å². The van der Waals surface area contributed by atoms with Gasteiger partial charge in [0.2, 0.25) is 5.90 Å². The number of aliphatic imine (C=N–C) groups is 1. The Labute approximate surface area is 190 Å². The van der Waals surface area contributed by atoms with Crippen molar-refractivity contribution in [2.24, 2.45) is 4.99 Å². The monoisotopic (exact) mass is 441 g/mol. The molecule has 32 heavy (non-hydrogen) atoms. The Morgan fingerprint density at radius 3 is 2.41 bits per heavy atom. The molecule has 2 heterocycles. The number of allylic oxidation sites excluding steroid dienone is 2. The second-order valence-corrected chi connectivity index (χ2v) is 8.02. The molecule has 2 aliphatic rings. The van der Waals surface area contributed by atoms with Crippen molar-refractivity contribution in [2.45, 2.75) is 4.90 Å². The maximum absolute atomic E-state index is 12.8. The Kier molecular flexibility index (Phi) is 5.29. The van der Waals surface area contributed by atoms with Crippen LogP contribution in [0.4, 0.5) is 0 Å². The quantitative estimate of drug-likeness (QED) is 0.301. The van der Waals surface area contributed by atoms with Crippen LogP contribution in [-0.4, -0.2) is 25.2 Å². The lowest BCUT2D eigenvalue weighted by molar-refractivity contribution is -0.129. The molecule has 0 saturated heterocycles. The number of esters is 1. The van der Waals surface area contributed by atoms with E-state index in [1.165, 1.54) is 0 Å². The van der Waals surface area contributed by atoms with E-state index in [-0.39, 0.29) is 11.6 Å². The van der Waals surface area contributed by atoms with E-state index in [9.17, 15) is 4.79 Å². The van der Waals surface area contributed by atoms with Gasteiger partial charge in [0, 0.05) is 27.2 Å². The highest BCUT2D eigenvalue weighted by atomic mass is 32.2. The number of hydrogen-bond donors (Lipinski definition) is 0. The SMILES string of the molecule is COc1ccc2c(c1)C(=C1N=C(c3ccccc3)OC1=O)C=C(c1ccc(SC)cc1)O2. The molecule has 6 heteroatoms. The predicted octanol–water partition coefficient (Wildman–Crippen LogP) is 5.57. The van der Waals surface area contributed by atoms with Crippen LogP contribution >= 0.6 is 11.8 Å². The number of ether oxygens (including phenoxy) is 3. The van der Waals surface area contributed by atoms with Crippen molar-refractivity contribution in [1.29, 1.82) is 0 Å². The summed E-state index contributed by atoms with van der Waals surface area (Å²) in [6, 6.07) is 22.9. The Bertz CT molecular complexity index is 1290. The first kappa shape index (κ1) is 20.2. The topological polar surface area (TPSA) is 57.1 Å². The molecule has 0 saturated carbocycles. The third-order valence-electron chi connectivity index (χ3n) is 5.22. The highest BCUT2D eigenvalue weighted by Gasteiger charge is 2.31. The summed E-state index contributed by atoms with van der Waals surface area (Å²) in [6.45, 7) is 0. The zero-order chi connectivity index (χ0) is 22.1. The molecule has 0 amide bonds. The van der Waals surface area contributed by atoms with Crippen LogP contribution in [0.15, 0.2) is 94.5 Å². The van der Waals surface area contributed by atoms with Gasteiger partial charge in [-0.2, -0.15) is 0 Å². The highest BCUT2D eigenvalue weighted by molar-refractivity contribution is 7.98. The molecule has 0 radical (unpaired) electrons. The van der Waals surface area contributed by atoms with Gasteiger partial charge in [-0.25, -0.2) is 9.79 Å². The van der Waals surface area contributed by atoms with Crippen LogP contribution in [0.25, 0.3) is 11.3 Å². The summed E-state index contributed by atoms with van der Waals surface area (Å²) in [7, 11) is 1.60. The van der Waals surface area contributed by atoms with Gasteiger partial charge >= 0.3 is 5.97 Å². The fourth-order valence-corrected chi connectivity index (χ4v) is 3.97. The van der Waals surface area contributed by atoms with Crippen molar-refractivity contribution in [3.05, 3.63) is 101 Å². The second kappa shape index (κ2) is 8.40. The molecule has 0 fully saturated rings. The van der Waals surface area contributed by atoms with Gasteiger partial charge in [-0.15, -0.1) is 11.8 Å². The first-order valence-electron chi connectivity index (χ1n) is 9.99. The van der Waals surface area contributed by atoms with Gasteiger partial charge in [0.05, 0.1) is 7.11 Å². The maximum atomic E-state index is 12.8. The molecule has 2 aliphatic heterocycles. The van der Waals surface area contributed by atoms with Crippen LogP contribution in [0.3, 0.4) is 0 Å². The zero-order valence-electron chi connectivity index (χ0n) is 17.5. The first-order chi connectivity index (χ1) is 15.7. The number of carbonyl (C=O) groups excluding carboxylic acids is 1. The van der Waals surface area contributed by atoms with Crippen LogP contribution in [0, 0.1) is 0 Å². The van der Waals surface area contributed by atoms with E-state index in [1.807, 2.05) is 85.1 Å². The maximum Gasteiger partial charge on any atom is 0.364 e. The standard InChI is InChI=1S/C26H19NO4S/c1-29-18-10-13-22-20(14-18)21(15-23(30-22)16-8-11-19(32-2)12-9-16)24-26(28)31-25(27-24)17-6-4-3-5-7-17/h3-15H,1-2H3. The molecule has 0 unspecified atom stereocenters. The lowest BCUT2D eigenvalue weighted by Gasteiger charge is -2.21. The minimum absolute atomic E-state index is 0.236. The minimum atomic E-state index is -0.497. The summed E-state index contributed by atoms with van der Waals surface area (Å²) in [5.74, 6) is 1.70.